The number of Topliss-reactive ketones (excluding diaryl/α,β-unsaturated/α-hetero) is 1. The second-order valence-corrected chi connectivity index (χ2v) is 3.46. The molecule has 1 N–H and O–H groups in total. The fourth-order valence-corrected chi connectivity index (χ4v) is 1.08. The molecule has 0 aliphatic heterocycles. The van der Waals surface area contributed by atoms with Crippen LogP contribution in [-0.2, 0) is 9.59 Å². The highest BCUT2D eigenvalue weighted by Gasteiger charge is 2.07. The summed E-state index contributed by atoms with van der Waals surface area (Å²) in [5, 5.41) is 2.52. The zero-order chi connectivity index (χ0) is 11.4. The molecule has 0 saturated carbocycles. The van der Waals surface area contributed by atoms with Gasteiger partial charge in [0.15, 0.2) is 0 Å². The van der Waals surface area contributed by atoms with E-state index in [2.05, 4.69) is 5.32 Å². The van der Waals surface area contributed by atoms with E-state index in [1.165, 1.54) is 6.92 Å². The number of rotatable bonds is 3. The maximum atomic E-state index is 11.1. The molecule has 15 heavy (non-hydrogen) atoms. The Kier molecular flexibility index (Phi) is 3.44. The van der Waals surface area contributed by atoms with Gasteiger partial charge in [0.05, 0.1) is 0 Å². The van der Waals surface area contributed by atoms with E-state index >= 15 is 0 Å². The molecule has 1 rings (SSSR count). The summed E-state index contributed by atoms with van der Waals surface area (Å²) in [4.78, 5) is 23.8. The predicted octanol–water partition coefficient (Wildman–Crippen LogP) is 1.28. The summed E-state index contributed by atoms with van der Waals surface area (Å²) in [6, 6.07) is 7.29. The van der Waals surface area contributed by atoms with Crippen molar-refractivity contribution in [1.29, 1.82) is 0 Å². The molecule has 0 saturated heterocycles. The van der Waals surface area contributed by atoms with Gasteiger partial charge in [-0.15, -0.1) is 0 Å². The number of anilines is 2. The van der Waals surface area contributed by atoms with E-state index in [0.29, 0.717) is 5.69 Å². The lowest BCUT2D eigenvalue weighted by Gasteiger charge is -2.13. The van der Waals surface area contributed by atoms with Crippen LogP contribution in [0.3, 0.4) is 0 Å². The molecule has 0 radical (unpaired) electrons. The van der Waals surface area contributed by atoms with E-state index in [9.17, 15) is 9.59 Å². The summed E-state index contributed by atoms with van der Waals surface area (Å²) >= 11 is 0. The molecule has 0 spiro atoms. The zero-order valence-corrected chi connectivity index (χ0v) is 9.07. The number of nitrogens with one attached hydrogen (secondary N) is 1. The molecule has 0 aliphatic carbocycles. The van der Waals surface area contributed by atoms with Gasteiger partial charge in [-0.2, -0.15) is 0 Å². The Balaban J connectivity index is 2.82. The van der Waals surface area contributed by atoms with Gasteiger partial charge in [0.1, 0.15) is 0 Å². The lowest BCUT2D eigenvalue weighted by molar-refractivity contribution is -0.133. The molecule has 4 heteroatoms. The molecular formula is C11H14N2O2. The van der Waals surface area contributed by atoms with Gasteiger partial charge in [0.25, 0.3) is 5.91 Å². The lowest BCUT2D eigenvalue weighted by Crippen LogP contribution is -2.19. The number of ketones is 1. The molecule has 0 heterocycles. The minimum atomic E-state index is -0.592. The monoisotopic (exact) mass is 206 g/mol. The molecule has 0 atom stereocenters. The van der Waals surface area contributed by atoms with Crippen LogP contribution < -0.4 is 10.2 Å². The molecular weight excluding hydrogens is 192 g/mol. The molecule has 4 nitrogen and oxygen atoms in total. The number of hydrogen-bond acceptors (Lipinski definition) is 3. The third kappa shape index (κ3) is 3.09. The number of amides is 1. The lowest BCUT2D eigenvalue weighted by atomic mass is 10.2. The normalized spacial score (nSPS) is 9.53. The number of nitrogens with zero attached hydrogens (tertiary/aromatic N) is 1. The molecule has 0 bridgehead atoms. The zero-order valence-electron chi connectivity index (χ0n) is 9.07. The van der Waals surface area contributed by atoms with E-state index in [1.54, 1.807) is 12.1 Å². The molecule has 1 aromatic carbocycles. The third-order valence-electron chi connectivity index (χ3n) is 1.94. The van der Waals surface area contributed by atoms with Crippen molar-refractivity contribution in [3.8, 4) is 0 Å². The largest absolute Gasteiger partial charge is 0.378 e. The quantitative estimate of drug-likeness (QED) is 0.758. The summed E-state index contributed by atoms with van der Waals surface area (Å²) in [5.74, 6) is -1.09. The smallest absolute Gasteiger partial charge is 0.291 e. The maximum Gasteiger partial charge on any atom is 0.291 e. The summed E-state index contributed by atoms with van der Waals surface area (Å²) in [6.45, 7) is 1.24. The van der Waals surface area contributed by atoms with Crippen LogP contribution in [0.1, 0.15) is 6.92 Å². The van der Waals surface area contributed by atoms with Crippen LogP contribution in [0.4, 0.5) is 11.4 Å². The molecule has 0 aliphatic rings. The third-order valence-corrected chi connectivity index (χ3v) is 1.94. The minimum absolute atomic E-state index is 0.495. The van der Waals surface area contributed by atoms with Gasteiger partial charge in [-0.25, -0.2) is 0 Å². The minimum Gasteiger partial charge on any atom is -0.378 e. The first-order chi connectivity index (χ1) is 7.00. The summed E-state index contributed by atoms with van der Waals surface area (Å²) in [5.41, 5.74) is 1.60. The van der Waals surface area contributed by atoms with E-state index in [-0.39, 0.29) is 0 Å². The molecule has 1 aromatic rings. The van der Waals surface area contributed by atoms with E-state index in [1.807, 2.05) is 31.1 Å². The second-order valence-electron chi connectivity index (χ2n) is 3.46. The SMILES string of the molecule is CC(=O)C(=O)Nc1cccc(N(C)C)c1. The van der Waals surface area contributed by atoms with Gasteiger partial charge in [-0.05, 0) is 18.2 Å². The van der Waals surface area contributed by atoms with Crippen LogP contribution in [0, 0.1) is 0 Å². The first-order valence-electron chi connectivity index (χ1n) is 4.60. The van der Waals surface area contributed by atoms with Gasteiger partial charge in [0, 0.05) is 32.4 Å². The summed E-state index contributed by atoms with van der Waals surface area (Å²) < 4.78 is 0. The number of carbonyl (C=O) groups excluding carboxylic acids is 2. The number of hydrogen-bond donors (Lipinski definition) is 1. The van der Waals surface area contributed by atoms with Crippen LogP contribution in [0.2, 0.25) is 0 Å². The second kappa shape index (κ2) is 4.59. The molecule has 1 amide bonds. The maximum absolute atomic E-state index is 11.1. The van der Waals surface area contributed by atoms with Gasteiger partial charge in [0.2, 0.25) is 5.78 Å². The van der Waals surface area contributed by atoms with Crippen molar-refractivity contribution in [2.75, 3.05) is 24.3 Å². The van der Waals surface area contributed by atoms with Crippen LogP contribution in [0.5, 0.6) is 0 Å². The Morgan fingerprint density at radius 2 is 1.93 bits per heavy atom. The standard InChI is InChI=1S/C11H14N2O2/c1-8(14)11(15)12-9-5-4-6-10(7-9)13(2)3/h4-7H,1-3H3,(H,12,15). The average molecular weight is 206 g/mol. The number of carbonyl (C=O) groups is 2. The van der Waals surface area contributed by atoms with Gasteiger partial charge < -0.3 is 10.2 Å². The summed E-state index contributed by atoms with van der Waals surface area (Å²) in [7, 11) is 3.82. The Hall–Kier alpha value is -1.84. The predicted molar refractivity (Wildman–Crippen MR) is 60.1 cm³/mol. The molecule has 0 unspecified atom stereocenters. The van der Waals surface area contributed by atoms with Crippen LogP contribution in [-0.4, -0.2) is 25.8 Å². The molecule has 0 aromatic heterocycles. The van der Waals surface area contributed by atoms with Crippen molar-refractivity contribution in [3.05, 3.63) is 24.3 Å². The topological polar surface area (TPSA) is 49.4 Å². The van der Waals surface area contributed by atoms with Gasteiger partial charge in [-0.3, -0.25) is 9.59 Å². The number of benzene rings is 1. The molecule has 80 valence electrons. The van der Waals surface area contributed by atoms with Crippen molar-refractivity contribution in [2.24, 2.45) is 0 Å². The Morgan fingerprint density at radius 1 is 1.27 bits per heavy atom. The fourth-order valence-electron chi connectivity index (χ4n) is 1.08. The van der Waals surface area contributed by atoms with E-state index < -0.39 is 11.7 Å². The Morgan fingerprint density at radius 3 is 2.47 bits per heavy atom. The van der Waals surface area contributed by atoms with Gasteiger partial charge in [-0.1, -0.05) is 6.07 Å². The van der Waals surface area contributed by atoms with Crippen LogP contribution in [0.15, 0.2) is 24.3 Å². The highest BCUT2D eigenvalue weighted by atomic mass is 16.2. The van der Waals surface area contributed by atoms with Crippen LogP contribution >= 0.6 is 0 Å². The van der Waals surface area contributed by atoms with Crippen molar-refractivity contribution in [3.63, 3.8) is 0 Å². The van der Waals surface area contributed by atoms with Crippen molar-refractivity contribution in [1.82, 2.24) is 0 Å². The summed E-state index contributed by atoms with van der Waals surface area (Å²) in [6.07, 6.45) is 0. The Bertz CT molecular complexity index is 386. The fraction of sp³-hybridized carbons (Fsp3) is 0.273. The van der Waals surface area contributed by atoms with E-state index in [4.69, 9.17) is 0 Å². The first-order valence-corrected chi connectivity index (χ1v) is 4.60. The van der Waals surface area contributed by atoms with E-state index in [0.717, 1.165) is 5.69 Å². The molecule has 0 fully saturated rings. The van der Waals surface area contributed by atoms with Crippen molar-refractivity contribution in [2.45, 2.75) is 6.92 Å². The Labute approximate surface area is 88.9 Å². The van der Waals surface area contributed by atoms with Gasteiger partial charge >= 0.3 is 0 Å². The average Bonchev–Trinajstić information content (AvgIpc) is 2.18. The van der Waals surface area contributed by atoms with Crippen LogP contribution in [0.25, 0.3) is 0 Å². The highest BCUT2D eigenvalue weighted by Crippen LogP contribution is 2.16. The highest BCUT2D eigenvalue weighted by molar-refractivity contribution is 6.39. The van der Waals surface area contributed by atoms with Crippen molar-refractivity contribution < 1.29 is 9.59 Å². The van der Waals surface area contributed by atoms with Crippen molar-refractivity contribution >= 4 is 23.1 Å². The first kappa shape index (κ1) is 11.2.